The van der Waals surface area contributed by atoms with Gasteiger partial charge in [0.05, 0.1) is 23.0 Å². The van der Waals surface area contributed by atoms with Crippen LogP contribution < -0.4 is 14.8 Å². The van der Waals surface area contributed by atoms with Crippen LogP contribution in [-0.4, -0.2) is 31.5 Å². The van der Waals surface area contributed by atoms with Gasteiger partial charge in [-0.1, -0.05) is 59.4 Å². The lowest BCUT2D eigenvalue weighted by Gasteiger charge is -2.01. The van der Waals surface area contributed by atoms with E-state index in [1.165, 1.54) is 21.4 Å². The van der Waals surface area contributed by atoms with Crippen molar-refractivity contribution in [1.29, 1.82) is 0 Å². The Morgan fingerprint density at radius 3 is 2.31 bits per heavy atom. The Kier molecular flexibility index (Phi) is 5.42. The van der Waals surface area contributed by atoms with E-state index < -0.39 is 0 Å². The maximum absolute atomic E-state index is 13.2. The molecule has 3 aromatic carbocycles. The van der Waals surface area contributed by atoms with Crippen molar-refractivity contribution in [3.8, 4) is 34.1 Å². The minimum absolute atomic E-state index is 0.204. The molecule has 0 amide bonds. The molecule has 0 radical (unpaired) electrons. The van der Waals surface area contributed by atoms with Crippen molar-refractivity contribution >= 4 is 22.4 Å². The summed E-state index contributed by atoms with van der Waals surface area (Å²) in [7, 11) is 1.62. The highest BCUT2D eigenvalue weighted by Crippen LogP contribution is 2.25. The van der Waals surface area contributed by atoms with Gasteiger partial charge in [-0.15, -0.1) is 5.10 Å². The minimum Gasteiger partial charge on any atom is -0.497 e. The van der Waals surface area contributed by atoms with Crippen molar-refractivity contribution in [3.05, 3.63) is 111 Å². The predicted molar refractivity (Wildman–Crippen MR) is 142 cm³/mol. The number of fused-ring (bicyclic) bond motifs is 1. The summed E-state index contributed by atoms with van der Waals surface area (Å²) < 4.78 is 8.96. The van der Waals surface area contributed by atoms with Gasteiger partial charge in [0.15, 0.2) is 5.82 Å². The van der Waals surface area contributed by atoms with E-state index in [0.29, 0.717) is 15.3 Å². The second-order valence-corrected chi connectivity index (χ2v) is 9.36. The molecule has 6 aromatic rings. The van der Waals surface area contributed by atoms with Gasteiger partial charge in [0, 0.05) is 22.9 Å². The molecule has 0 aliphatic rings. The normalized spacial score (nSPS) is 11.9. The quantitative estimate of drug-likeness (QED) is 0.354. The smallest absolute Gasteiger partial charge is 0.291 e. The van der Waals surface area contributed by atoms with Gasteiger partial charge in [0.1, 0.15) is 5.75 Å². The highest BCUT2D eigenvalue weighted by atomic mass is 32.1. The third kappa shape index (κ3) is 3.97. The second-order valence-electron chi connectivity index (χ2n) is 8.35. The molecule has 7 nitrogen and oxygen atoms in total. The van der Waals surface area contributed by atoms with Crippen LogP contribution in [0.25, 0.3) is 39.4 Å². The zero-order valence-electron chi connectivity index (χ0n) is 19.6. The third-order valence-electron chi connectivity index (χ3n) is 5.90. The number of aryl methyl sites for hydroxylation is 1. The molecule has 3 aromatic heterocycles. The maximum Gasteiger partial charge on any atom is 0.291 e. The van der Waals surface area contributed by atoms with Gasteiger partial charge in [-0.25, -0.2) is 4.68 Å². The molecule has 176 valence electrons. The van der Waals surface area contributed by atoms with Gasteiger partial charge in [0.25, 0.3) is 5.56 Å². The molecule has 36 heavy (non-hydrogen) atoms. The van der Waals surface area contributed by atoms with Crippen LogP contribution in [0.4, 0.5) is 0 Å². The van der Waals surface area contributed by atoms with Crippen LogP contribution in [0.15, 0.2) is 89.9 Å². The predicted octanol–water partition coefficient (Wildman–Crippen LogP) is 4.54. The summed E-state index contributed by atoms with van der Waals surface area (Å²) >= 11 is 1.31. The second kappa shape index (κ2) is 8.90. The van der Waals surface area contributed by atoms with Crippen LogP contribution in [0.3, 0.4) is 0 Å². The molecule has 0 saturated heterocycles. The lowest BCUT2D eigenvalue weighted by Crippen LogP contribution is -2.23. The van der Waals surface area contributed by atoms with Gasteiger partial charge >= 0.3 is 0 Å². The zero-order valence-corrected chi connectivity index (χ0v) is 20.4. The van der Waals surface area contributed by atoms with Crippen LogP contribution in [-0.2, 0) is 0 Å². The molecule has 6 rings (SSSR count). The summed E-state index contributed by atoms with van der Waals surface area (Å²) in [4.78, 5) is 18.4. The molecule has 0 unspecified atom stereocenters. The average Bonchev–Trinajstić information content (AvgIpc) is 3.60. The van der Waals surface area contributed by atoms with Crippen LogP contribution >= 0.6 is 11.3 Å². The van der Waals surface area contributed by atoms with Gasteiger partial charge < -0.3 is 4.74 Å². The molecular weight excluding hydrogens is 470 g/mol. The van der Waals surface area contributed by atoms with E-state index in [-0.39, 0.29) is 5.56 Å². The highest BCUT2D eigenvalue weighted by Gasteiger charge is 2.15. The summed E-state index contributed by atoms with van der Waals surface area (Å²) in [5, 5.41) is 9.32. The van der Waals surface area contributed by atoms with Crippen LogP contribution in [0.1, 0.15) is 11.1 Å². The molecule has 0 fully saturated rings. The first-order valence-corrected chi connectivity index (χ1v) is 12.2. The number of nitrogens with zero attached hydrogens (tertiary/aromatic N) is 5. The number of ether oxygens (including phenoxy) is 1. The van der Waals surface area contributed by atoms with E-state index in [2.05, 4.69) is 29.1 Å². The first-order chi connectivity index (χ1) is 17.6. The Hall–Kier alpha value is -4.56. The monoisotopic (exact) mass is 491 g/mol. The standard InChI is InChI=1S/C28H21N5O2S/c1-18-8-10-19(11-9-18)25-21(17-32(30-25)22-6-4-3-5-7-22)16-24-27(34)33-28(36-24)29-26(31-33)20-12-14-23(35-2)15-13-20/h3-17H,1-2H3. The van der Waals surface area contributed by atoms with E-state index in [4.69, 9.17) is 9.84 Å². The zero-order chi connectivity index (χ0) is 24.6. The van der Waals surface area contributed by atoms with Crippen molar-refractivity contribution < 1.29 is 4.74 Å². The van der Waals surface area contributed by atoms with Crippen molar-refractivity contribution in [3.63, 3.8) is 0 Å². The Labute approximate surface area is 210 Å². The van der Waals surface area contributed by atoms with Gasteiger partial charge in [-0.05, 0) is 49.4 Å². The number of aromatic nitrogens is 5. The summed E-state index contributed by atoms with van der Waals surface area (Å²) in [6.07, 6.45) is 3.82. The van der Waals surface area contributed by atoms with E-state index >= 15 is 0 Å². The largest absolute Gasteiger partial charge is 0.497 e. The van der Waals surface area contributed by atoms with E-state index in [9.17, 15) is 4.79 Å². The molecule has 0 spiro atoms. The number of benzene rings is 3. The fraction of sp³-hybridized carbons (Fsp3) is 0.0714. The first kappa shape index (κ1) is 21.9. The fourth-order valence-electron chi connectivity index (χ4n) is 3.98. The Morgan fingerprint density at radius 1 is 0.889 bits per heavy atom. The van der Waals surface area contributed by atoms with Gasteiger partial charge in [-0.3, -0.25) is 4.79 Å². The first-order valence-electron chi connectivity index (χ1n) is 11.4. The number of para-hydroxylation sites is 1. The van der Waals surface area contributed by atoms with Crippen LogP contribution in [0, 0.1) is 6.92 Å². The topological polar surface area (TPSA) is 74.3 Å². The van der Waals surface area contributed by atoms with Crippen molar-refractivity contribution in [2.24, 2.45) is 0 Å². The third-order valence-corrected chi connectivity index (χ3v) is 6.86. The fourth-order valence-corrected chi connectivity index (χ4v) is 4.88. The molecular formula is C28H21N5O2S. The summed E-state index contributed by atoms with van der Waals surface area (Å²) in [6, 6.07) is 25.6. The summed E-state index contributed by atoms with van der Waals surface area (Å²) in [5.41, 5.74) is 5.37. The Balaban J connectivity index is 1.46. The van der Waals surface area contributed by atoms with Crippen molar-refractivity contribution in [2.45, 2.75) is 6.92 Å². The Morgan fingerprint density at radius 2 is 1.61 bits per heavy atom. The number of rotatable bonds is 5. The van der Waals surface area contributed by atoms with E-state index in [1.54, 1.807) is 7.11 Å². The lowest BCUT2D eigenvalue weighted by molar-refractivity contribution is 0.415. The minimum atomic E-state index is -0.204. The van der Waals surface area contributed by atoms with Crippen molar-refractivity contribution in [1.82, 2.24) is 24.4 Å². The van der Waals surface area contributed by atoms with Gasteiger partial charge in [-0.2, -0.15) is 14.6 Å². The molecule has 0 bridgehead atoms. The average molecular weight is 492 g/mol. The maximum atomic E-state index is 13.2. The lowest BCUT2D eigenvalue weighted by atomic mass is 10.1. The van der Waals surface area contributed by atoms with Crippen molar-refractivity contribution in [2.75, 3.05) is 7.11 Å². The van der Waals surface area contributed by atoms with Crippen LogP contribution in [0.2, 0.25) is 0 Å². The number of hydrogen-bond acceptors (Lipinski definition) is 6. The number of methoxy groups -OCH3 is 1. The highest BCUT2D eigenvalue weighted by molar-refractivity contribution is 7.15. The molecule has 0 saturated carbocycles. The number of thiazole rings is 1. The Bertz CT molecular complexity index is 1780. The molecule has 8 heteroatoms. The van der Waals surface area contributed by atoms with E-state index in [0.717, 1.165) is 33.8 Å². The van der Waals surface area contributed by atoms with E-state index in [1.807, 2.05) is 83.7 Å². The molecule has 0 aliphatic carbocycles. The molecule has 0 N–H and O–H groups in total. The van der Waals surface area contributed by atoms with Crippen LogP contribution in [0.5, 0.6) is 5.75 Å². The van der Waals surface area contributed by atoms with Gasteiger partial charge in [0.2, 0.25) is 4.96 Å². The summed E-state index contributed by atoms with van der Waals surface area (Å²) in [6.45, 7) is 2.05. The summed E-state index contributed by atoms with van der Waals surface area (Å²) in [5.74, 6) is 1.26. The molecule has 0 atom stereocenters. The molecule has 0 aliphatic heterocycles. The molecule has 3 heterocycles. The number of hydrogen-bond donors (Lipinski definition) is 0. The SMILES string of the molecule is COc1ccc(-c2nc3sc(=Cc4cn(-c5ccccc5)nc4-c4ccc(C)cc4)c(=O)n3n2)cc1.